The number of aromatic nitrogens is 3. The summed E-state index contributed by atoms with van der Waals surface area (Å²) in [6.45, 7) is 8.55. The Morgan fingerprint density at radius 1 is 1.16 bits per heavy atom. The molecule has 0 atom stereocenters. The molecule has 0 saturated carbocycles. The lowest BCUT2D eigenvalue weighted by Crippen LogP contribution is -2.16. The van der Waals surface area contributed by atoms with Crippen LogP contribution >= 0.6 is 34.4 Å². The fraction of sp³-hybridized carbons (Fsp3) is 0.259. The van der Waals surface area contributed by atoms with Gasteiger partial charge >= 0.3 is 5.97 Å². The van der Waals surface area contributed by atoms with Gasteiger partial charge in [0.2, 0.25) is 5.91 Å². The van der Waals surface area contributed by atoms with Gasteiger partial charge in [0.15, 0.2) is 11.0 Å². The molecule has 4 rings (SSSR count). The quantitative estimate of drug-likeness (QED) is 0.127. The molecule has 3 aromatic heterocycles. The highest BCUT2D eigenvalue weighted by Crippen LogP contribution is 2.36. The van der Waals surface area contributed by atoms with E-state index in [2.05, 4.69) is 40.5 Å². The molecule has 0 radical (unpaired) electrons. The minimum atomic E-state index is -0.492. The number of carbonyl (C=O) groups excluding carboxylic acids is 2. The van der Waals surface area contributed by atoms with E-state index in [0.717, 1.165) is 40.9 Å². The standard InChI is InChI=1S/C27H28N4O3S3/c1-5-7-20-13-19(14-35-20)24-29-30-27(31(24)12-6-2)37-16-22(32)28-25-23(26(33)34-4)21(15-36-25)18-10-8-17(3)9-11-18/h6,8-11,13-15H,2,5,7,12,16H2,1,3-4H3,(H,28,32). The molecule has 0 bridgehead atoms. The normalized spacial score (nSPS) is 10.9. The van der Waals surface area contributed by atoms with Crippen molar-refractivity contribution >= 4 is 51.3 Å². The van der Waals surface area contributed by atoms with Gasteiger partial charge in [-0.15, -0.1) is 39.4 Å². The van der Waals surface area contributed by atoms with Crippen molar-refractivity contribution in [2.75, 3.05) is 18.2 Å². The van der Waals surface area contributed by atoms with Crippen molar-refractivity contribution < 1.29 is 14.3 Å². The maximum absolute atomic E-state index is 12.9. The average molecular weight is 553 g/mol. The molecule has 1 amide bonds. The van der Waals surface area contributed by atoms with E-state index in [1.165, 1.54) is 35.1 Å². The van der Waals surface area contributed by atoms with Gasteiger partial charge in [-0.1, -0.05) is 61.0 Å². The number of nitrogens with zero attached hydrogens (tertiary/aromatic N) is 3. The van der Waals surface area contributed by atoms with Gasteiger partial charge in [-0.2, -0.15) is 0 Å². The number of allylic oxidation sites excluding steroid dienone is 1. The highest BCUT2D eigenvalue weighted by Gasteiger charge is 2.23. The molecule has 1 aromatic carbocycles. The summed E-state index contributed by atoms with van der Waals surface area (Å²) < 4.78 is 6.98. The third kappa shape index (κ3) is 6.20. The Balaban J connectivity index is 1.50. The number of hydrogen-bond donors (Lipinski definition) is 1. The van der Waals surface area contributed by atoms with Crippen molar-refractivity contribution in [1.29, 1.82) is 0 Å². The van der Waals surface area contributed by atoms with E-state index < -0.39 is 5.97 Å². The topological polar surface area (TPSA) is 86.1 Å². The molecule has 4 aromatic rings. The minimum Gasteiger partial charge on any atom is -0.465 e. The van der Waals surface area contributed by atoms with Crippen LogP contribution in [-0.4, -0.2) is 39.5 Å². The molecule has 0 fully saturated rings. The molecule has 0 saturated heterocycles. The van der Waals surface area contributed by atoms with Gasteiger partial charge in [0, 0.05) is 33.3 Å². The highest BCUT2D eigenvalue weighted by atomic mass is 32.2. The van der Waals surface area contributed by atoms with E-state index in [-0.39, 0.29) is 11.7 Å². The Morgan fingerprint density at radius 2 is 1.95 bits per heavy atom. The lowest BCUT2D eigenvalue weighted by atomic mass is 10.0. The molecule has 1 N–H and O–H groups in total. The summed E-state index contributed by atoms with van der Waals surface area (Å²) in [6.07, 6.45) is 3.91. The van der Waals surface area contributed by atoms with Crippen molar-refractivity contribution in [2.24, 2.45) is 0 Å². The van der Waals surface area contributed by atoms with Crippen LogP contribution in [0.1, 0.15) is 34.1 Å². The number of benzene rings is 1. The van der Waals surface area contributed by atoms with Crippen LogP contribution in [0.3, 0.4) is 0 Å². The number of aryl methyl sites for hydroxylation is 2. The zero-order valence-corrected chi connectivity index (χ0v) is 23.4. The molecule has 0 spiro atoms. The smallest absolute Gasteiger partial charge is 0.341 e. The van der Waals surface area contributed by atoms with Crippen molar-refractivity contribution in [1.82, 2.24) is 14.8 Å². The molecule has 192 valence electrons. The summed E-state index contributed by atoms with van der Waals surface area (Å²) >= 11 is 4.31. The molecule has 0 aliphatic rings. The van der Waals surface area contributed by atoms with Crippen LogP contribution in [0.15, 0.2) is 58.9 Å². The monoisotopic (exact) mass is 552 g/mol. The first-order valence-corrected chi connectivity index (χ1v) is 14.5. The SMILES string of the molecule is C=CCn1c(SCC(=O)Nc2scc(-c3ccc(C)cc3)c2C(=O)OC)nnc1-c1csc(CCC)c1. The van der Waals surface area contributed by atoms with E-state index >= 15 is 0 Å². The first-order valence-electron chi connectivity index (χ1n) is 11.8. The Bertz CT molecular complexity index is 1400. The molecule has 0 unspecified atom stereocenters. The van der Waals surface area contributed by atoms with Gasteiger partial charge in [0.1, 0.15) is 10.6 Å². The van der Waals surface area contributed by atoms with Gasteiger partial charge in [0.05, 0.1) is 12.9 Å². The lowest BCUT2D eigenvalue weighted by molar-refractivity contribution is -0.113. The molecule has 37 heavy (non-hydrogen) atoms. The largest absolute Gasteiger partial charge is 0.465 e. The molecule has 10 heteroatoms. The van der Waals surface area contributed by atoms with E-state index in [4.69, 9.17) is 4.74 Å². The van der Waals surface area contributed by atoms with Crippen LogP contribution in [0.25, 0.3) is 22.5 Å². The number of thiophene rings is 2. The maximum Gasteiger partial charge on any atom is 0.341 e. The minimum absolute atomic E-state index is 0.109. The van der Waals surface area contributed by atoms with Crippen molar-refractivity contribution in [2.45, 2.75) is 38.4 Å². The number of methoxy groups -OCH3 is 1. The lowest BCUT2D eigenvalue weighted by Gasteiger charge is -2.09. The van der Waals surface area contributed by atoms with Gasteiger partial charge < -0.3 is 10.1 Å². The van der Waals surface area contributed by atoms with E-state index in [1.54, 1.807) is 17.4 Å². The van der Waals surface area contributed by atoms with Crippen molar-refractivity contribution in [3.63, 3.8) is 0 Å². The van der Waals surface area contributed by atoms with Crippen LogP contribution in [-0.2, 0) is 22.5 Å². The molecule has 0 aliphatic carbocycles. The molecule has 3 heterocycles. The predicted molar refractivity (Wildman–Crippen MR) is 153 cm³/mol. The number of esters is 1. The number of hydrogen-bond acceptors (Lipinski definition) is 8. The first-order chi connectivity index (χ1) is 17.9. The van der Waals surface area contributed by atoms with Crippen LogP contribution in [0, 0.1) is 6.92 Å². The fourth-order valence-electron chi connectivity index (χ4n) is 3.77. The molecular weight excluding hydrogens is 525 g/mol. The van der Waals surface area contributed by atoms with Crippen LogP contribution in [0.5, 0.6) is 0 Å². The average Bonchev–Trinajstić information content (AvgIpc) is 3.62. The zero-order chi connectivity index (χ0) is 26.4. The van der Waals surface area contributed by atoms with Gasteiger partial charge in [0.25, 0.3) is 0 Å². The Kier molecular flexibility index (Phi) is 8.96. The fourth-order valence-corrected chi connectivity index (χ4v) is 6.46. The second-order valence-corrected chi connectivity index (χ2v) is 11.1. The van der Waals surface area contributed by atoms with E-state index in [9.17, 15) is 9.59 Å². The number of rotatable bonds is 11. The second-order valence-electron chi connectivity index (χ2n) is 8.31. The summed E-state index contributed by atoms with van der Waals surface area (Å²) in [7, 11) is 1.34. The van der Waals surface area contributed by atoms with Gasteiger partial charge in [-0.05, 0) is 25.0 Å². The summed E-state index contributed by atoms with van der Waals surface area (Å²) in [5.41, 5.74) is 4.11. The Hall–Kier alpha value is -3.21. The summed E-state index contributed by atoms with van der Waals surface area (Å²) in [4.78, 5) is 26.8. The van der Waals surface area contributed by atoms with Crippen LogP contribution in [0.2, 0.25) is 0 Å². The number of ether oxygens (including phenoxy) is 1. The third-order valence-corrected chi connectivity index (χ3v) is 8.42. The van der Waals surface area contributed by atoms with Gasteiger partial charge in [-0.3, -0.25) is 9.36 Å². The Labute approximate surface area is 228 Å². The van der Waals surface area contributed by atoms with Crippen molar-refractivity contribution in [3.05, 3.63) is 69.8 Å². The second kappa shape index (κ2) is 12.4. The Morgan fingerprint density at radius 3 is 2.65 bits per heavy atom. The number of carbonyl (C=O) groups is 2. The summed E-state index contributed by atoms with van der Waals surface area (Å²) in [5, 5.41) is 16.7. The number of anilines is 1. The third-order valence-electron chi connectivity index (χ3n) is 5.57. The predicted octanol–water partition coefficient (Wildman–Crippen LogP) is 6.70. The van der Waals surface area contributed by atoms with Crippen molar-refractivity contribution in [3.8, 4) is 22.5 Å². The summed E-state index contributed by atoms with van der Waals surface area (Å²) in [6, 6.07) is 10.0. The molecule has 0 aliphatic heterocycles. The highest BCUT2D eigenvalue weighted by molar-refractivity contribution is 7.99. The summed E-state index contributed by atoms with van der Waals surface area (Å²) in [5.74, 6) is 0.130. The van der Waals surface area contributed by atoms with Crippen LogP contribution < -0.4 is 5.32 Å². The van der Waals surface area contributed by atoms with E-state index in [0.29, 0.717) is 22.3 Å². The molecular formula is C27H28N4O3S3. The van der Waals surface area contributed by atoms with Gasteiger partial charge in [-0.25, -0.2) is 4.79 Å². The van der Waals surface area contributed by atoms with E-state index in [1.807, 2.05) is 41.1 Å². The number of thioether (sulfide) groups is 1. The number of nitrogens with one attached hydrogen (secondary N) is 1. The zero-order valence-electron chi connectivity index (χ0n) is 20.9. The first kappa shape index (κ1) is 26.8. The number of amides is 1. The van der Waals surface area contributed by atoms with Crippen LogP contribution in [0.4, 0.5) is 5.00 Å². The molecule has 7 nitrogen and oxygen atoms in total. The maximum atomic E-state index is 12.9.